The number of ether oxygens (including phenoxy) is 2. The Labute approximate surface area is 213 Å². The molecule has 1 aliphatic rings. The Morgan fingerprint density at radius 1 is 1.06 bits per heavy atom. The minimum absolute atomic E-state index is 0.171. The molecule has 1 saturated heterocycles. The van der Waals surface area contributed by atoms with Gasteiger partial charge >= 0.3 is 0 Å². The number of amides is 2. The monoisotopic (exact) mass is 505 g/mol. The van der Waals surface area contributed by atoms with Gasteiger partial charge < -0.3 is 14.4 Å². The van der Waals surface area contributed by atoms with Gasteiger partial charge in [-0.2, -0.15) is 0 Å². The highest BCUT2D eigenvalue weighted by atomic mass is 32.1. The first-order chi connectivity index (χ1) is 17.5. The fraction of sp³-hybridized carbons (Fsp3) is 0.259. The second-order valence-corrected chi connectivity index (χ2v) is 9.20. The number of anilines is 1. The Morgan fingerprint density at radius 2 is 1.86 bits per heavy atom. The van der Waals surface area contributed by atoms with Gasteiger partial charge in [0.2, 0.25) is 5.91 Å². The molecule has 1 N–H and O–H groups in total. The number of likely N-dealkylation sites (tertiary alicyclic amines) is 1. The van der Waals surface area contributed by atoms with E-state index in [0.717, 1.165) is 29.5 Å². The number of thiazole rings is 1. The zero-order chi connectivity index (χ0) is 25.3. The van der Waals surface area contributed by atoms with Crippen molar-refractivity contribution in [1.29, 1.82) is 0 Å². The SMILES string of the molecule is C=CCOc1cc(OCC(=O)Nc2nc3ccccc3s2)ccc1C(=O)C=CC(=O)N1CCCCC1. The number of carbonyl (C=O) groups is 3. The van der Waals surface area contributed by atoms with Crippen LogP contribution < -0.4 is 14.8 Å². The maximum Gasteiger partial charge on any atom is 0.264 e. The van der Waals surface area contributed by atoms with Gasteiger partial charge in [0.25, 0.3) is 5.91 Å². The van der Waals surface area contributed by atoms with Crippen LogP contribution in [0.2, 0.25) is 0 Å². The molecule has 0 aliphatic carbocycles. The Kier molecular flexibility index (Phi) is 8.46. The van der Waals surface area contributed by atoms with Crippen molar-refractivity contribution in [2.75, 3.05) is 31.6 Å². The number of nitrogens with one attached hydrogen (secondary N) is 1. The smallest absolute Gasteiger partial charge is 0.264 e. The van der Waals surface area contributed by atoms with E-state index < -0.39 is 0 Å². The first kappa shape index (κ1) is 25.1. The molecule has 0 bridgehead atoms. The van der Waals surface area contributed by atoms with Gasteiger partial charge in [-0.25, -0.2) is 4.98 Å². The van der Waals surface area contributed by atoms with Gasteiger partial charge in [-0.05, 0) is 49.6 Å². The summed E-state index contributed by atoms with van der Waals surface area (Å²) in [6, 6.07) is 12.3. The van der Waals surface area contributed by atoms with Crippen LogP contribution in [0.3, 0.4) is 0 Å². The van der Waals surface area contributed by atoms with Gasteiger partial charge in [-0.3, -0.25) is 19.7 Å². The van der Waals surface area contributed by atoms with Gasteiger partial charge in [0.05, 0.1) is 15.8 Å². The maximum absolute atomic E-state index is 12.8. The molecule has 1 fully saturated rings. The lowest BCUT2D eigenvalue weighted by atomic mass is 10.1. The third-order valence-electron chi connectivity index (χ3n) is 5.53. The van der Waals surface area contributed by atoms with E-state index in [-0.39, 0.29) is 42.1 Å². The molecule has 1 aliphatic heterocycles. The largest absolute Gasteiger partial charge is 0.489 e. The average Bonchev–Trinajstić information content (AvgIpc) is 3.32. The van der Waals surface area contributed by atoms with Crippen LogP contribution in [-0.4, -0.2) is 53.8 Å². The summed E-state index contributed by atoms with van der Waals surface area (Å²) in [6.45, 7) is 5.00. The minimum Gasteiger partial charge on any atom is -0.489 e. The van der Waals surface area contributed by atoms with Crippen molar-refractivity contribution in [3.8, 4) is 11.5 Å². The van der Waals surface area contributed by atoms with Crippen molar-refractivity contribution in [2.45, 2.75) is 19.3 Å². The molecule has 2 heterocycles. The third-order valence-corrected chi connectivity index (χ3v) is 6.48. The standard InChI is InChI=1S/C27H27N3O5S/c1-2-16-34-23-17-19(35-18-25(32)29-27-28-21-8-4-5-9-24(21)36-27)10-11-20(23)22(31)12-13-26(33)30-14-6-3-7-15-30/h2,4-5,8-13,17H,1,3,6-7,14-16,18H2,(H,28,29,32). The number of piperidine rings is 1. The molecular formula is C27H27N3O5S. The van der Waals surface area contributed by atoms with Crippen molar-refractivity contribution in [1.82, 2.24) is 9.88 Å². The number of para-hydroxylation sites is 1. The number of aromatic nitrogens is 1. The van der Waals surface area contributed by atoms with E-state index in [4.69, 9.17) is 9.47 Å². The van der Waals surface area contributed by atoms with Gasteiger partial charge in [0.1, 0.15) is 18.1 Å². The summed E-state index contributed by atoms with van der Waals surface area (Å²) in [4.78, 5) is 43.6. The maximum atomic E-state index is 12.8. The summed E-state index contributed by atoms with van der Waals surface area (Å²) in [6.07, 6.45) is 7.21. The molecule has 1 aromatic heterocycles. The zero-order valence-corrected chi connectivity index (χ0v) is 20.6. The topological polar surface area (TPSA) is 97.8 Å². The molecule has 2 aromatic carbocycles. The second-order valence-electron chi connectivity index (χ2n) is 8.16. The Balaban J connectivity index is 1.38. The molecule has 8 nitrogen and oxygen atoms in total. The highest BCUT2D eigenvalue weighted by molar-refractivity contribution is 7.22. The Bertz CT molecular complexity index is 1260. The summed E-state index contributed by atoms with van der Waals surface area (Å²) in [7, 11) is 0. The summed E-state index contributed by atoms with van der Waals surface area (Å²) in [5.74, 6) is -0.255. The number of allylic oxidation sites excluding steroid dienone is 1. The normalized spacial score (nSPS) is 13.5. The molecule has 0 unspecified atom stereocenters. The molecule has 0 spiro atoms. The fourth-order valence-corrected chi connectivity index (χ4v) is 4.63. The number of ketones is 1. The molecule has 3 aromatic rings. The van der Waals surface area contributed by atoms with E-state index in [2.05, 4.69) is 16.9 Å². The van der Waals surface area contributed by atoms with E-state index in [1.165, 1.54) is 23.5 Å². The Hall–Kier alpha value is -3.98. The molecular weight excluding hydrogens is 478 g/mol. The van der Waals surface area contributed by atoms with E-state index in [1.807, 2.05) is 24.3 Å². The van der Waals surface area contributed by atoms with Crippen LogP contribution >= 0.6 is 11.3 Å². The fourth-order valence-electron chi connectivity index (χ4n) is 3.75. The average molecular weight is 506 g/mol. The second kappa shape index (κ2) is 12.1. The quantitative estimate of drug-likeness (QED) is 0.245. The number of carbonyl (C=O) groups excluding carboxylic acids is 3. The van der Waals surface area contributed by atoms with E-state index in [0.29, 0.717) is 24.0 Å². The molecule has 0 saturated carbocycles. The van der Waals surface area contributed by atoms with Crippen LogP contribution in [0, 0.1) is 0 Å². The van der Waals surface area contributed by atoms with Crippen molar-refractivity contribution in [3.63, 3.8) is 0 Å². The summed E-state index contributed by atoms with van der Waals surface area (Å²) in [5.41, 5.74) is 1.10. The van der Waals surface area contributed by atoms with Gasteiger partial charge in [-0.15, -0.1) is 0 Å². The summed E-state index contributed by atoms with van der Waals surface area (Å²) in [5, 5.41) is 3.23. The molecule has 36 heavy (non-hydrogen) atoms. The number of fused-ring (bicyclic) bond motifs is 1. The number of hydrogen-bond donors (Lipinski definition) is 1. The molecule has 9 heteroatoms. The van der Waals surface area contributed by atoms with Crippen LogP contribution in [0.25, 0.3) is 10.2 Å². The minimum atomic E-state index is -0.362. The molecule has 4 rings (SSSR count). The first-order valence-corrected chi connectivity index (χ1v) is 12.5. The highest BCUT2D eigenvalue weighted by Crippen LogP contribution is 2.27. The lowest BCUT2D eigenvalue weighted by molar-refractivity contribution is -0.126. The summed E-state index contributed by atoms with van der Waals surface area (Å²) >= 11 is 1.38. The lowest BCUT2D eigenvalue weighted by Gasteiger charge is -2.25. The predicted molar refractivity (Wildman–Crippen MR) is 140 cm³/mol. The van der Waals surface area contributed by atoms with Crippen LogP contribution in [0.1, 0.15) is 29.6 Å². The third kappa shape index (κ3) is 6.57. The van der Waals surface area contributed by atoms with Gasteiger partial charge in [-0.1, -0.05) is 36.1 Å². The van der Waals surface area contributed by atoms with Gasteiger partial charge in [0, 0.05) is 25.2 Å². The van der Waals surface area contributed by atoms with Crippen LogP contribution in [0.4, 0.5) is 5.13 Å². The van der Waals surface area contributed by atoms with E-state index >= 15 is 0 Å². The number of hydrogen-bond acceptors (Lipinski definition) is 7. The van der Waals surface area contributed by atoms with Crippen molar-refractivity contribution >= 4 is 44.3 Å². The number of rotatable bonds is 10. The van der Waals surface area contributed by atoms with Crippen molar-refractivity contribution in [3.05, 3.63) is 72.8 Å². The first-order valence-electron chi connectivity index (χ1n) is 11.7. The van der Waals surface area contributed by atoms with E-state index in [9.17, 15) is 14.4 Å². The highest BCUT2D eigenvalue weighted by Gasteiger charge is 2.16. The number of benzene rings is 2. The van der Waals surface area contributed by atoms with Crippen LogP contribution in [0.5, 0.6) is 11.5 Å². The van der Waals surface area contributed by atoms with Gasteiger partial charge in [0.15, 0.2) is 17.5 Å². The molecule has 186 valence electrons. The van der Waals surface area contributed by atoms with E-state index in [1.54, 1.807) is 29.2 Å². The van der Waals surface area contributed by atoms with Crippen LogP contribution in [-0.2, 0) is 9.59 Å². The summed E-state index contributed by atoms with van der Waals surface area (Å²) < 4.78 is 12.2. The number of nitrogens with zero attached hydrogens (tertiary/aromatic N) is 2. The lowest BCUT2D eigenvalue weighted by Crippen LogP contribution is -2.34. The van der Waals surface area contributed by atoms with Crippen molar-refractivity contribution < 1.29 is 23.9 Å². The molecule has 0 radical (unpaired) electrons. The Morgan fingerprint density at radius 3 is 2.64 bits per heavy atom. The van der Waals surface area contributed by atoms with Crippen LogP contribution in [0.15, 0.2) is 67.3 Å². The molecule has 2 amide bonds. The zero-order valence-electron chi connectivity index (χ0n) is 19.8. The predicted octanol–water partition coefficient (Wildman–Crippen LogP) is 4.63. The molecule has 0 atom stereocenters. The van der Waals surface area contributed by atoms with Crippen molar-refractivity contribution in [2.24, 2.45) is 0 Å².